The number of thioether (sulfide) groups is 1. The number of nitrogens with two attached hydrogens (primary N) is 1. The van der Waals surface area contributed by atoms with Crippen LogP contribution in [0.15, 0.2) is 41.3 Å². The highest BCUT2D eigenvalue weighted by atomic mass is 32.2. The first-order valence-corrected chi connectivity index (χ1v) is 6.81. The molecule has 0 amide bonds. The Labute approximate surface area is 123 Å². The van der Waals surface area contributed by atoms with E-state index >= 15 is 0 Å². The van der Waals surface area contributed by atoms with E-state index in [0.717, 1.165) is 19.2 Å². The first kappa shape index (κ1) is 15.5. The Kier molecular flexibility index (Phi) is 4.32. The minimum atomic E-state index is -4.66. The van der Waals surface area contributed by atoms with Gasteiger partial charge in [-0.25, -0.2) is 4.79 Å². The van der Waals surface area contributed by atoms with Crippen LogP contribution in [0.2, 0.25) is 0 Å². The number of alkyl halides is 3. The Hall–Kier alpha value is -1.89. The van der Waals surface area contributed by atoms with Gasteiger partial charge in [-0.3, -0.25) is 0 Å². The van der Waals surface area contributed by atoms with Crippen molar-refractivity contribution in [3.63, 3.8) is 0 Å². The molecule has 0 spiro atoms. The number of nitrogen functional groups attached to an aromatic ring is 1. The standard InChI is InChI=1S/C14H12F3NO2S/c1-20-13(19)9-6-11(18)12(7-10(9)14(15,16)17)21-8-4-2-3-5-8/h2-8H,18H2,1H3. The number of hydrogen-bond donors (Lipinski definition) is 1. The summed E-state index contributed by atoms with van der Waals surface area (Å²) in [7, 11) is 1.02. The summed E-state index contributed by atoms with van der Waals surface area (Å²) in [5, 5.41) is -0.0719. The van der Waals surface area contributed by atoms with Crippen molar-refractivity contribution in [3.05, 3.63) is 47.6 Å². The molecule has 2 N–H and O–H groups in total. The number of ether oxygens (including phenoxy) is 1. The molecule has 2 rings (SSSR count). The number of halogens is 3. The van der Waals surface area contributed by atoms with Crippen LogP contribution in [0, 0.1) is 0 Å². The zero-order chi connectivity index (χ0) is 15.6. The van der Waals surface area contributed by atoms with E-state index in [1.165, 1.54) is 11.8 Å². The quantitative estimate of drug-likeness (QED) is 0.683. The van der Waals surface area contributed by atoms with E-state index in [0.29, 0.717) is 0 Å². The normalized spacial score (nSPS) is 14.7. The van der Waals surface area contributed by atoms with Gasteiger partial charge in [0.2, 0.25) is 0 Å². The van der Waals surface area contributed by atoms with Crippen LogP contribution in [0.5, 0.6) is 0 Å². The molecule has 0 bridgehead atoms. The fourth-order valence-electron chi connectivity index (χ4n) is 1.85. The number of benzene rings is 1. The Balaban J connectivity index is 2.46. The van der Waals surface area contributed by atoms with E-state index in [1.54, 1.807) is 12.2 Å². The van der Waals surface area contributed by atoms with Gasteiger partial charge in [0.05, 0.1) is 18.2 Å². The third-order valence-corrected chi connectivity index (χ3v) is 4.03. The highest BCUT2D eigenvalue weighted by Crippen LogP contribution is 2.39. The van der Waals surface area contributed by atoms with Crippen molar-refractivity contribution < 1.29 is 22.7 Å². The van der Waals surface area contributed by atoms with Crippen molar-refractivity contribution >= 4 is 23.4 Å². The van der Waals surface area contributed by atoms with Gasteiger partial charge in [-0.2, -0.15) is 13.2 Å². The fourth-order valence-corrected chi connectivity index (χ4v) is 2.86. The first-order valence-electron chi connectivity index (χ1n) is 5.93. The smallest absolute Gasteiger partial charge is 0.417 e. The van der Waals surface area contributed by atoms with Gasteiger partial charge < -0.3 is 10.5 Å². The largest absolute Gasteiger partial charge is 0.465 e. The van der Waals surface area contributed by atoms with E-state index < -0.39 is 23.3 Å². The summed E-state index contributed by atoms with van der Waals surface area (Å²) in [5.74, 6) is -1.06. The molecule has 21 heavy (non-hydrogen) atoms. The molecule has 0 radical (unpaired) electrons. The predicted octanol–water partition coefficient (Wildman–Crippen LogP) is 3.66. The second-order valence-corrected chi connectivity index (χ2v) is 5.50. The van der Waals surface area contributed by atoms with Crippen molar-refractivity contribution in [3.8, 4) is 0 Å². The number of allylic oxidation sites excluding steroid dienone is 2. The third kappa shape index (κ3) is 3.41. The van der Waals surface area contributed by atoms with E-state index in [-0.39, 0.29) is 15.8 Å². The molecule has 7 heteroatoms. The maximum Gasteiger partial charge on any atom is 0.417 e. The van der Waals surface area contributed by atoms with Crippen LogP contribution in [-0.2, 0) is 10.9 Å². The van der Waals surface area contributed by atoms with Gasteiger partial charge in [-0.15, -0.1) is 11.8 Å². The molecule has 0 atom stereocenters. The van der Waals surface area contributed by atoms with Gasteiger partial charge in [0.25, 0.3) is 0 Å². The van der Waals surface area contributed by atoms with Crippen LogP contribution in [0.4, 0.5) is 18.9 Å². The van der Waals surface area contributed by atoms with Crippen LogP contribution in [0.1, 0.15) is 15.9 Å². The summed E-state index contributed by atoms with van der Waals surface area (Å²) in [6, 6.07) is 1.91. The molecule has 0 aromatic heterocycles. The minimum absolute atomic E-state index is 0.0719. The third-order valence-electron chi connectivity index (χ3n) is 2.84. The lowest BCUT2D eigenvalue weighted by Crippen LogP contribution is -2.15. The zero-order valence-electron chi connectivity index (χ0n) is 11.0. The molecule has 1 aliphatic rings. The number of methoxy groups -OCH3 is 1. The van der Waals surface area contributed by atoms with Crippen LogP contribution < -0.4 is 5.73 Å². The number of carbonyl (C=O) groups is 1. The monoisotopic (exact) mass is 315 g/mol. The van der Waals surface area contributed by atoms with Gasteiger partial charge in [0.15, 0.2) is 0 Å². The van der Waals surface area contributed by atoms with Gasteiger partial charge in [0.1, 0.15) is 0 Å². The molecule has 1 aromatic rings. The Morgan fingerprint density at radius 2 is 1.90 bits per heavy atom. The number of carbonyl (C=O) groups excluding carboxylic acids is 1. The molecular formula is C14H12F3NO2S. The van der Waals surface area contributed by atoms with Gasteiger partial charge in [-0.1, -0.05) is 24.3 Å². The summed E-state index contributed by atoms with van der Waals surface area (Å²) in [6.07, 6.45) is 2.63. The molecule has 1 aliphatic carbocycles. The Morgan fingerprint density at radius 1 is 1.29 bits per heavy atom. The number of anilines is 1. The van der Waals surface area contributed by atoms with Gasteiger partial charge in [-0.05, 0) is 12.1 Å². The van der Waals surface area contributed by atoms with Crippen LogP contribution in [0.25, 0.3) is 0 Å². The van der Waals surface area contributed by atoms with Crippen molar-refractivity contribution in [2.24, 2.45) is 0 Å². The molecule has 0 aliphatic heterocycles. The number of rotatable bonds is 3. The lowest BCUT2D eigenvalue weighted by molar-refractivity contribution is -0.138. The van der Waals surface area contributed by atoms with E-state index in [2.05, 4.69) is 4.74 Å². The van der Waals surface area contributed by atoms with E-state index in [4.69, 9.17) is 5.73 Å². The first-order chi connectivity index (χ1) is 9.82. The molecule has 0 saturated heterocycles. The summed E-state index contributed by atoms with van der Waals surface area (Å²) >= 11 is 1.19. The topological polar surface area (TPSA) is 52.3 Å². The lowest BCUT2D eigenvalue weighted by Gasteiger charge is -2.16. The van der Waals surface area contributed by atoms with Gasteiger partial charge >= 0.3 is 12.1 Å². The van der Waals surface area contributed by atoms with Crippen LogP contribution in [0.3, 0.4) is 0 Å². The molecule has 0 heterocycles. The highest BCUT2D eigenvalue weighted by molar-refractivity contribution is 8.00. The van der Waals surface area contributed by atoms with Crippen molar-refractivity contribution in [1.29, 1.82) is 0 Å². The van der Waals surface area contributed by atoms with E-state index in [1.807, 2.05) is 12.2 Å². The average Bonchev–Trinajstić information content (AvgIpc) is 2.91. The molecule has 3 nitrogen and oxygen atoms in total. The van der Waals surface area contributed by atoms with Crippen molar-refractivity contribution in [2.45, 2.75) is 16.3 Å². The molecule has 0 unspecified atom stereocenters. The van der Waals surface area contributed by atoms with Crippen LogP contribution in [-0.4, -0.2) is 18.3 Å². The highest BCUT2D eigenvalue weighted by Gasteiger charge is 2.36. The Morgan fingerprint density at radius 3 is 2.43 bits per heavy atom. The SMILES string of the molecule is COC(=O)c1cc(N)c(SC2C=CC=C2)cc1C(F)(F)F. The number of esters is 1. The molecule has 0 saturated carbocycles. The summed E-state index contributed by atoms with van der Waals surface area (Å²) in [6.45, 7) is 0. The molecular weight excluding hydrogens is 303 g/mol. The maximum absolute atomic E-state index is 13.1. The lowest BCUT2D eigenvalue weighted by atomic mass is 10.1. The summed E-state index contributed by atoms with van der Waals surface area (Å²) in [5.41, 5.74) is 4.25. The van der Waals surface area contributed by atoms with Crippen molar-refractivity contribution in [1.82, 2.24) is 0 Å². The zero-order valence-corrected chi connectivity index (χ0v) is 11.8. The maximum atomic E-state index is 13.1. The molecule has 0 fully saturated rings. The average molecular weight is 315 g/mol. The number of hydrogen-bond acceptors (Lipinski definition) is 4. The minimum Gasteiger partial charge on any atom is -0.465 e. The summed E-state index contributed by atoms with van der Waals surface area (Å²) in [4.78, 5) is 11.8. The van der Waals surface area contributed by atoms with E-state index in [9.17, 15) is 18.0 Å². The molecule has 1 aromatic carbocycles. The van der Waals surface area contributed by atoms with Crippen LogP contribution >= 0.6 is 11.8 Å². The van der Waals surface area contributed by atoms with Crippen molar-refractivity contribution in [2.75, 3.05) is 12.8 Å². The second-order valence-electron chi connectivity index (χ2n) is 4.28. The Bertz CT molecular complexity index is 611. The van der Waals surface area contributed by atoms with Gasteiger partial charge in [0, 0.05) is 15.8 Å². The predicted molar refractivity (Wildman–Crippen MR) is 75.1 cm³/mol. The second kappa shape index (κ2) is 5.85. The summed E-state index contributed by atoms with van der Waals surface area (Å²) < 4.78 is 43.6. The molecule has 112 valence electrons. The fraction of sp³-hybridized carbons (Fsp3) is 0.214.